The van der Waals surface area contributed by atoms with E-state index in [4.69, 9.17) is 4.74 Å². The summed E-state index contributed by atoms with van der Waals surface area (Å²) in [5, 5.41) is 2.76. The lowest BCUT2D eigenvalue weighted by atomic mass is 10.1. The number of benzene rings is 2. The monoisotopic (exact) mass is 418 g/mol. The van der Waals surface area contributed by atoms with Gasteiger partial charge in [0, 0.05) is 0 Å². The van der Waals surface area contributed by atoms with Crippen molar-refractivity contribution in [3.8, 4) is 5.75 Å². The van der Waals surface area contributed by atoms with Crippen molar-refractivity contribution in [2.45, 2.75) is 40.2 Å². The highest BCUT2D eigenvalue weighted by Gasteiger charge is 2.30. The molecule has 0 spiro atoms. The molecular weight excluding hydrogens is 388 g/mol. The van der Waals surface area contributed by atoms with E-state index in [9.17, 15) is 13.2 Å². The third-order valence-corrected chi connectivity index (χ3v) is 5.92. The first-order valence-corrected chi connectivity index (χ1v) is 11.5. The van der Waals surface area contributed by atoms with Crippen LogP contribution in [0.2, 0.25) is 0 Å². The number of nitrogens with zero attached hydrogens (tertiary/aromatic N) is 1. The molecule has 0 aliphatic carbocycles. The standard InChI is InChI=1S/C22H30N2O4S/c1-6-19-9-11-20(12-10-19)28-14-13-23-22(25)18(4)24(29(5,26)27)21-15-16(2)7-8-17(21)3/h7-12,15,18H,6,13-14H2,1-5H3,(H,23,25)/t18-/m1/s1. The minimum atomic E-state index is -3.64. The fraction of sp³-hybridized carbons (Fsp3) is 0.409. The second-order valence-electron chi connectivity index (χ2n) is 7.16. The Labute approximate surface area is 173 Å². The number of hydrogen-bond acceptors (Lipinski definition) is 4. The SMILES string of the molecule is CCc1ccc(OCCNC(=O)[C@@H](C)N(c2cc(C)ccc2C)S(C)(=O)=O)cc1. The minimum Gasteiger partial charge on any atom is -0.492 e. The van der Waals surface area contributed by atoms with Gasteiger partial charge in [-0.25, -0.2) is 8.42 Å². The number of aryl methyl sites for hydroxylation is 3. The van der Waals surface area contributed by atoms with Crippen molar-refractivity contribution >= 4 is 21.6 Å². The molecular formula is C22H30N2O4S. The summed E-state index contributed by atoms with van der Waals surface area (Å²) in [5.74, 6) is 0.360. The van der Waals surface area contributed by atoms with Crippen molar-refractivity contribution < 1.29 is 17.9 Å². The van der Waals surface area contributed by atoms with Crippen LogP contribution in [0.4, 0.5) is 5.69 Å². The summed E-state index contributed by atoms with van der Waals surface area (Å²) < 4.78 is 31.7. The minimum absolute atomic E-state index is 0.281. The fourth-order valence-corrected chi connectivity index (χ4v) is 4.27. The van der Waals surface area contributed by atoms with Gasteiger partial charge in [0.1, 0.15) is 18.4 Å². The first kappa shape index (κ1) is 22.7. The van der Waals surface area contributed by atoms with Gasteiger partial charge in [-0.05, 0) is 62.1 Å². The van der Waals surface area contributed by atoms with Crippen LogP contribution in [-0.4, -0.2) is 39.8 Å². The number of anilines is 1. The van der Waals surface area contributed by atoms with E-state index in [1.165, 1.54) is 9.87 Å². The molecule has 2 aromatic rings. The summed E-state index contributed by atoms with van der Waals surface area (Å²) in [7, 11) is -3.64. The van der Waals surface area contributed by atoms with Crippen molar-refractivity contribution in [3.05, 3.63) is 59.2 Å². The van der Waals surface area contributed by atoms with Crippen LogP contribution in [0.5, 0.6) is 5.75 Å². The number of ether oxygens (including phenoxy) is 1. The van der Waals surface area contributed by atoms with Crippen molar-refractivity contribution in [2.75, 3.05) is 23.7 Å². The first-order chi connectivity index (χ1) is 13.6. The van der Waals surface area contributed by atoms with E-state index in [-0.39, 0.29) is 12.5 Å². The van der Waals surface area contributed by atoms with Gasteiger partial charge in [0.15, 0.2) is 0 Å². The molecule has 1 amide bonds. The van der Waals surface area contributed by atoms with Crippen LogP contribution < -0.4 is 14.4 Å². The number of amides is 1. The summed E-state index contributed by atoms with van der Waals surface area (Å²) in [5.41, 5.74) is 3.46. The fourth-order valence-electron chi connectivity index (χ4n) is 3.05. The van der Waals surface area contributed by atoms with Gasteiger partial charge in [-0.1, -0.05) is 31.2 Å². The van der Waals surface area contributed by atoms with Crippen molar-refractivity contribution in [3.63, 3.8) is 0 Å². The molecule has 0 aliphatic rings. The number of rotatable bonds is 9. The van der Waals surface area contributed by atoms with E-state index in [2.05, 4.69) is 12.2 Å². The Balaban J connectivity index is 2.01. The van der Waals surface area contributed by atoms with E-state index in [1.807, 2.05) is 50.2 Å². The first-order valence-electron chi connectivity index (χ1n) is 9.69. The molecule has 1 N–H and O–H groups in total. The van der Waals surface area contributed by atoms with Gasteiger partial charge in [-0.3, -0.25) is 9.10 Å². The van der Waals surface area contributed by atoms with Crippen LogP contribution in [0, 0.1) is 13.8 Å². The zero-order valence-corrected chi connectivity index (χ0v) is 18.5. The molecule has 0 aliphatic heterocycles. The smallest absolute Gasteiger partial charge is 0.243 e. The summed E-state index contributed by atoms with van der Waals surface area (Å²) in [4.78, 5) is 12.6. The number of carbonyl (C=O) groups excluding carboxylic acids is 1. The molecule has 0 radical (unpaired) electrons. The van der Waals surface area contributed by atoms with Crippen LogP contribution in [0.25, 0.3) is 0 Å². The maximum absolute atomic E-state index is 12.6. The van der Waals surface area contributed by atoms with Gasteiger partial charge >= 0.3 is 0 Å². The summed E-state index contributed by atoms with van der Waals surface area (Å²) in [6.07, 6.45) is 2.08. The van der Waals surface area contributed by atoms with Crippen LogP contribution in [-0.2, 0) is 21.2 Å². The predicted octanol–water partition coefficient (Wildman–Crippen LogP) is 3.22. The summed E-state index contributed by atoms with van der Waals surface area (Å²) in [6, 6.07) is 12.5. The lowest BCUT2D eigenvalue weighted by molar-refractivity contribution is -0.121. The number of hydrogen-bond donors (Lipinski definition) is 1. The van der Waals surface area contributed by atoms with Crippen LogP contribution in [0.3, 0.4) is 0 Å². The molecule has 7 heteroatoms. The second kappa shape index (κ2) is 9.78. The predicted molar refractivity (Wildman–Crippen MR) is 117 cm³/mol. The van der Waals surface area contributed by atoms with Gasteiger partial charge in [0.25, 0.3) is 0 Å². The molecule has 6 nitrogen and oxygen atoms in total. The van der Waals surface area contributed by atoms with E-state index < -0.39 is 16.1 Å². The molecule has 0 unspecified atom stereocenters. The molecule has 0 saturated carbocycles. The molecule has 0 saturated heterocycles. The Bertz CT molecular complexity index is 940. The molecule has 1 atom stereocenters. The average Bonchev–Trinajstić information content (AvgIpc) is 2.67. The Morgan fingerprint density at radius 1 is 1.14 bits per heavy atom. The molecule has 0 fully saturated rings. The quantitative estimate of drug-likeness (QED) is 0.635. The Morgan fingerprint density at radius 2 is 1.79 bits per heavy atom. The Kier molecular flexibility index (Phi) is 7.67. The maximum Gasteiger partial charge on any atom is 0.243 e. The Hall–Kier alpha value is -2.54. The van der Waals surface area contributed by atoms with Crippen molar-refractivity contribution in [1.29, 1.82) is 0 Å². The topological polar surface area (TPSA) is 75.7 Å². The van der Waals surface area contributed by atoms with Crippen LogP contribution >= 0.6 is 0 Å². The molecule has 0 heterocycles. The van der Waals surface area contributed by atoms with E-state index >= 15 is 0 Å². The number of nitrogens with one attached hydrogen (secondary N) is 1. The summed E-state index contributed by atoms with van der Waals surface area (Å²) >= 11 is 0. The number of sulfonamides is 1. The molecule has 2 aromatic carbocycles. The van der Waals surface area contributed by atoms with E-state index in [1.54, 1.807) is 13.0 Å². The summed E-state index contributed by atoms with van der Waals surface area (Å²) in [6.45, 7) is 7.97. The second-order valence-corrected chi connectivity index (χ2v) is 9.02. The van der Waals surface area contributed by atoms with Crippen LogP contribution in [0.1, 0.15) is 30.5 Å². The molecule has 2 rings (SSSR count). The highest BCUT2D eigenvalue weighted by atomic mass is 32.2. The maximum atomic E-state index is 12.6. The van der Waals surface area contributed by atoms with E-state index in [0.717, 1.165) is 29.6 Å². The normalized spacial score (nSPS) is 12.3. The molecule has 0 bridgehead atoms. The highest BCUT2D eigenvalue weighted by Crippen LogP contribution is 2.26. The van der Waals surface area contributed by atoms with Crippen LogP contribution in [0.15, 0.2) is 42.5 Å². The van der Waals surface area contributed by atoms with E-state index in [0.29, 0.717) is 12.3 Å². The third-order valence-electron chi connectivity index (χ3n) is 4.69. The molecule has 0 aromatic heterocycles. The lowest BCUT2D eigenvalue weighted by Gasteiger charge is -2.29. The van der Waals surface area contributed by atoms with Gasteiger partial charge in [0.05, 0.1) is 18.5 Å². The van der Waals surface area contributed by atoms with Crippen molar-refractivity contribution in [2.24, 2.45) is 0 Å². The highest BCUT2D eigenvalue weighted by molar-refractivity contribution is 7.92. The molecule has 158 valence electrons. The largest absolute Gasteiger partial charge is 0.492 e. The van der Waals surface area contributed by atoms with Crippen molar-refractivity contribution in [1.82, 2.24) is 5.32 Å². The van der Waals surface area contributed by atoms with Gasteiger partial charge < -0.3 is 10.1 Å². The third kappa shape index (κ3) is 6.22. The number of carbonyl (C=O) groups is 1. The molecule has 29 heavy (non-hydrogen) atoms. The zero-order valence-electron chi connectivity index (χ0n) is 17.7. The average molecular weight is 419 g/mol. The zero-order chi connectivity index (χ0) is 21.6. The van der Waals surface area contributed by atoms with Gasteiger partial charge in [-0.15, -0.1) is 0 Å². The lowest BCUT2D eigenvalue weighted by Crippen LogP contribution is -2.48. The Morgan fingerprint density at radius 3 is 2.38 bits per heavy atom. The van der Waals surface area contributed by atoms with Gasteiger partial charge in [0.2, 0.25) is 15.9 Å². The van der Waals surface area contributed by atoms with Gasteiger partial charge in [-0.2, -0.15) is 0 Å².